The van der Waals surface area contributed by atoms with Crippen LogP contribution in [-0.2, 0) is 23.7 Å². The molecule has 4 N–H and O–H groups in total. The number of rotatable bonds is 47. The molecule has 0 radical (unpaired) electrons. The van der Waals surface area contributed by atoms with E-state index in [1.54, 1.807) is 0 Å². The lowest BCUT2D eigenvalue weighted by Gasteiger charge is -2.39. The molecule has 1 saturated heterocycles. The van der Waals surface area contributed by atoms with Crippen LogP contribution < -0.4 is 0 Å². The van der Waals surface area contributed by atoms with E-state index in [1.165, 1.54) is 135 Å². The van der Waals surface area contributed by atoms with E-state index in [2.05, 4.69) is 74.6 Å². The fourth-order valence-corrected chi connectivity index (χ4v) is 8.23. The summed E-state index contributed by atoms with van der Waals surface area (Å²) < 4.78 is 22.9. The predicted octanol–water partition coefficient (Wildman–Crippen LogP) is 13.8. The molecule has 1 fully saturated rings. The van der Waals surface area contributed by atoms with Crippen LogP contribution in [-0.4, -0.2) is 89.6 Å². The Morgan fingerprint density at radius 3 is 1.39 bits per heavy atom. The molecule has 9 nitrogen and oxygen atoms in total. The van der Waals surface area contributed by atoms with Crippen LogP contribution in [0.4, 0.5) is 0 Å². The molecule has 384 valence electrons. The summed E-state index contributed by atoms with van der Waals surface area (Å²) in [7, 11) is 0. The topological polar surface area (TPSA) is 135 Å². The normalized spacial score (nSPS) is 19.8. The number of aliphatic hydroxyl groups excluding tert-OH is 4. The highest BCUT2D eigenvalue weighted by atomic mass is 16.7. The van der Waals surface area contributed by atoms with E-state index >= 15 is 0 Å². The molecule has 1 rings (SSSR count). The van der Waals surface area contributed by atoms with Crippen molar-refractivity contribution in [1.82, 2.24) is 0 Å². The first kappa shape index (κ1) is 61.9. The fraction of sp³-hybridized carbons (Fsp3) is 0.807. The van der Waals surface area contributed by atoms with Crippen molar-refractivity contribution in [3.63, 3.8) is 0 Å². The van der Waals surface area contributed by atoms with Gasteiger partial charge in [-0.25, -0.2) is 0 Å². The molecule has 1 aliphatic rings. The summed E-state index contributed by atoms with van der Waals surface area (Å²) in [5, 5.41) is 40.3. The number of hydrogen-bond acceptors (Lipinski definition) is 9. The fourth-order valence-electron chi connectivity index (χ4n) is 8.23. The third-order valence-electron chi connectivity index (χ3n) is 12.4. The molecule has 66 heavy (non-hydrogen) atoms. The van der Waals surface area contributed by atoms with Crippen LogP contribution in [0.1, 0.15) is 232 Å². The average Bonchev–Trinajstić information content (AvgIpc) is 3.32. The maximum absolute atomic E-state index is 12.9. The third-order valence-corrected chi connectivity index (χ3v) is 12.4. The summed E-state index contributed by atoms with van der Waals surface area (Å²) in [6.45, 7) is 4.47. The van der Waals surface area contributed by atoms with E-state index in [0.717, 1.165) is 77.0 Å². The molecule has 0 saturated carbocycles. The van der Waals surface area contributed by atoms with Gasteiger partial charge in [0.05, 0.1) is 19.8 Å². The number of hydrogen-bond donors (Lipinski definition) is 4. The van der Waals surface area contributed by atoms with Gasteiger partial charge in [-0.1, -0.05) is 229 Å². The van der Waals surface area contributed by atoms with Crippen molar-refractivity contribution in [2.45, 2.75) is 269 Å². The molecular weight excluding hydrogens is 829 g/mol. The van der Waals surface area contributed by atoms with E-state index in [9.17, 15) is 25.2 Å². The van der Waals surface area contributed by atoms with Gasteiger partial charge in [0.1, 0.15) is 30.5 Å². The minimum Gasteiger partial charge on any atom is -0.457 e. The zero-order valence-electron chi connectivity index (χ0n) is 42.4. The average molecular weight is 931 g/mol. The monoisotopic (exact) mass is 931 g/mol. The van der Waals surface area contributed by atoms with Gasteiger partial charge in [0.2, 0.25) is 0 Å². The van der Waals surface area contributed by atoms with Crippen LogP contribution in [0.15, 0.2) is 60.8 Å². The smallest absolute Gasteiger partial charge is 0.306 e. The van der Waals surface area contributed by atoms with Gasteiger partial charge >= 0.3 is 5.97 Å². The molecule has 1 aliphatic heterocycles. The summed E-state index contributed by atoms with van der Waals surface area (Å²) in [4.78, 5) is 12.9. The van der Waals surface area contributed by atoms with Crippen molar-refractivity contribution < 1.29 is 44.2 Å². The molecule has 0 aromatic heterocycles. The molecule has 6 atom stereocenters. The molecule has 0 aliphatic carbocycles. The molecule has 0 bridgehead atoms. The summed E-state index contributed by atoms with van der Waals surface area (Å²) >= 11 is 0. The van der Waals surface area contributed by atoms with Gasteiger partial charge in [0.25, 0.3) is 0 Å². The molecule has 9 heteroatoms. The molecule has 0 spiro atoms. The van der Waals surface area contributed by atoms with Crippen LogP contribution in [0, 0.1) is 0 Å². The van der Waals surface area contributed by atoms with E-state index in [1.807, 2.05) is 0 Å². The van der Waals surface area contributed by atoms with Gasteiger partial charge < -0.3 is 39.4 Å². The minimum atomic E-state index is -1.54. The zero-order chi connectivity index (χ0) is 47.8. The van der Waals surface area contributed by atoms with Gasteiger partial charge in [0, 0.05) is 13.0 Å². The first-order valence-corrected chi connectivity index (χ1v) is 27.4. The Bertz CT molecular complexity index is 1200. The Morgan fingerprint density at radius 1 is 0.500 bits per heavy atom. The highest BCUT2D eigenvalue weighted by Crippen LogP contribution is 2.23. The van der Waals surface area contributed by atoms with Crippen LogP contribution in [0.3, 0.4) is 0 Å². The molecule has 6 unspecified atom stereocenters. The van der Waals surface area contributed by atoms with Crippen molar-refractivity contribution in [3.05, 3.63) is 60.8 Å². The van der Waals surface area contributed by atoms with Crippen LogP contribution in [0.5, 0.6) is 0 Å². The van der Waals surface area contributed by atoms with Gasteiger partial charge in [-0.15, -0.1) is 0 Å². The minimum absolute atomic E-state index is 0.118. The second kappa shape index (κ2) is 47.9. The number of esters is 1. The van der Waals surface area contributed by atoms with Crippen LogP contribution in [0.2, 0.25) is 0 Å². The van der Waals surface area contributed by atoms with Crippen molar-refractivity contribution >= 4 is 5.97 Å². The lowest BCUT2D eigenvalue weighted by molar-refractivity contribution is -0.305. The SMILES string of the molecule is CC/C=C\C/C=C\C/C=C\C/C=C\C/C=C\CCCCCCCCCC(=O)OC(COCCCCCCCCCCCCCCCCCCCCCC)COC1OC(CO)C(O)C(O)C1O. The number of ether oxygens (including phenoxy) is 4. The Kier molecular flexibility index (Phi) is 45.0. The van der Waals surface area contributed by atoms with Gasteiger partial charge in [-0.2, -0.15) is 0 Å². The van der Waals surface area contributed by atoms with Crippen molar-refractivity contribution in [1.29, 1.82) is 0 Å². The second-order valence-corrected chi connectivity index (χ2v) is 18.7. The molecule has 0 amide bonds. The Morgan fingerprint density at radius 2 is 0.924 bits per heavy atom. The number of allylic oxidation sites excluding steroid dienone is 10. The van der Waals surface area contributed by atoms with Gasteiger partial charge in [0.15, 0.2) is 6.29 Å². The van der Waals surface area contributed by atoms with Crippen molar-refractivity contribution in [2.24, 2.45) is 0 Å². The van der Waals surface area contributed by atoms with Gasteiger partial charge in [-0.3, -0.25) is 4.79 Å². The Balaban J connectivity index is 2.19. The predicted molar refractivity (Wildman–Crippen MR) is 274 cm³/mol. The third kappa shape index (κ3) is 37.8. The number of carbonyl (C=O) groups excluding carboxylic acids is 1. The first-order valence-electron chi connectivity index (χ1n) is 27.4. The highest BCUT2D eigenvalue weighted by Gasteiger charge is 2.44. The van der Waals surface area contributed by atoms with Crippen LogP contribution >= 0.6 is 0 Å². The lowest BCUT2D eigenvalue weighted by Crippen LogP contribution is -2.59. The first-order chi connectivity index (χ1) is 32.4. The maximum atomic E-state index is 12.9. The Labute approximate surface area is 405 Å². The zero-order valence-corrected chi connectivity index (χ0v) is 42.4. The molecule has 0 aromatic rings. The Hall–Kier alpha value is -2.11. The van der Waals surface area contributed by atoms with Crippen molar-refractivity contribution in [2.75, 3.05) is 26.4 Å². The summed E-state index contributed by atoms with van der Waals surface area (Å²) in [6, 6.07) is 0. The number of carbonyl (C=O) groups is 1. The second-order valence-electron chi connectivity index (χ2n) is 18.7. The maximum Gasteiger partial charge on any atom is 0.306 e. The van der Waals surface area contributed by atoms with E-state index in [0.29, 0.717) is 13.0 Å². The molecule has 0 aromatic carbocycles. The van der Waals surface area contributed by atoms with E-state index in [-0.39, 0.29) is 19.2 Å². The van der Waals surface area contributed by atoms with Gasteiger partial charge in [-0.05, 0) is 57.8 Å². The lowest BCUT2D eigenvalue weighted by atomic mass is 9.99. The van der Waals surface area contributed by atoms with E-state index in [4.69, 9.17) is 18.9 Å². The number of unbranched alkanes of at least 4 members (excludes halogenated alkanes) is 26. The standard InChI is InChI=1S/C57H102O9/c1-3-5-7-9-11-13-15-17-19-21-23-25-26-27-28-30-32-34-36-38-40-42-44-46-53(59)65-51(50-64-57-56(62)55(61)54(60)52(48-58)66-57)49-63-47-45-43-41-39-37-35-33-31-29-24-22-20-18-16-14-12-10-8-6-4-2/h5,7,11,13,17,19,23,25,27-28,51-52,54-58,60-62H,3-4,6,8-10,12,14-16,18,20-22,24,26,29-50H2,1-2H3/b7-5-,13-11-,19-17-,25-23-,28-27-. The largest absolute Gasteiger partial charge is 0.457 e. The van der Waals surface area contributed by atoms with Crippen LogP contribution in [0.25, 0.3) is 0 Å². The van der Waals surface area contributed by atoms with Crippen molar-refractivity contribution in [3.8, 4) is 0 Å². The van der Waals surface area contributed by atoms with E-state index < -0.39 is 43.4 Å². The highest BCUT2D eigenvalue weighted by molar-refractivity contribution is 5.69. The summed E-state index contributed by atoms with van der Waals surface area (Å²) in [5.74, 6) is -0.322. The number of aliphatic hydroxyl groups is 4. The quantitative estimate of drug-likeness (QED) is 0.0267. The molecule has 1 heterocycles. The summed E-state index contributed by atoms with van der Waals surface area (Å²) in [6.07, 6.45) is 55.4. The summed E-state index contributed by atoms with van der Waals surface area (Å²) in [5.41, 5.74) is 0. The molecular formula is C57H102O9.